The Hall–Kier alpha value is -1.16. The van der Waals surface area contributed by atoms with Gasteiger partial charge in [0, 0.05) is 21.8 Å². The Balaban J connectivity index is 1.96. The highest BCUT2D eigenvalue weighted by Gasteiger charge is 2.19. The molecule has 0 bridgehead atoms. The van der Waals surface area contributed by atoms with Gasteiger partial charge in [-0.15, -0.1) is 0 Å². The van der Waals surface area contributed by atoms with E-state index in [0.29, 0.717) is 11.0 Å². The van der Waals surface area contributed by atoms with Crippen molar-refractivity contribution < 1.29 is 14.1 Å². The summed E-state index contributed by atoms with van der Waals surface area (Å²) in [5.74, 6) is -0.375. The van der Waals surface area contributed by atoms with E-state index in [9.17, 15) is 9.00 Å². The highest BCUT2D eigenvalue weighted by Crippen LogP contribution is 2.23. The van der Waals surface area contributed by atoms with E-state index >= 15 is 0 Å². The zero-order chi connectivity index (χ0) is 13.0. The maximum Gasteiger partial charge on any atom is 0.335 e. The third-order valence-electron chi connectivity index (χ3n) is 3.43. The first-order chi connectivity index (χ1) is 8.66. The molecule has 0 radical (unpaired) electrons. The molecule has 4 heteroatoms. The van der Waals surface area contributed by atoms with Gasteiger partial charge in [-0.1, -0.05) is 31.4 Å². The van der Waals surface area contributed by atoms with Crippen LogP contribution in [-0.2, 0) is 16.6 Å². The first-order valence-corrected chi connectivity index (χ1v) is 7.74. The molecule has 0 heterocycles. The Morgan fingerprint density at radius 1 is 1.17 bits per heavy atom. The highest BCUT2D eigenvalue weighted by atomic mass is 32.2. The average molecular weight is 266 g/mol. The highest BCUT2D eigenvalue weighted by molar-refractivity contribution is 7.84. The molecule has 0 aromatic heterocycles. The molecule has 1 unspecified atom stereocenters. The van der Waals surface area contributed by atoms with Gasteiger partial charge in [0.15, 0.2) is 0 Å². The monoisotopic (exact) mass is 266 g/mol. The molecule has 3 nitrogen and oxygen atoms in total. The van der Waals surface area contributed by atoms with E-state index in [1.807, 2.05) is 0 Å². The van der Waals surface area contributed by atoms with Crippen LogP contribution in [0.2, 0.25) is 0 Å². The van der Waals surface area contributed by atoms with Crippen LogP contribution in [0.15, 0.2) is 24.3 Å². The van der Waals surface area contributed by atoms with Crippen molar-refractivity contribution in [1.82, 2.24) is 0 Å². The van der Waals surface area contributed by atoms with E-state index in [4.69, 9.17) is 5.11 Å². The van der Waals surface area contributed by atoms with Crippen molar-refractivity contribution in [3.63, 3.8) is 0 Å². The van der Waals surface area contributed by atoms with Crippen molar-refractivity contribution in [2.45, 2.75) is 43.1 Å². The van der Waals surface area contributed by atoms with E-state index < -0.39 is 16.8 Å². The Kier molecular flexibility index (Phi) is 4.53. The summed E-state index contributed by atoms with van der Waals surface area (Å²) in [5.41, 5.74) is 1.24. The molecule has 2 rings (SSSR count). The molecule has 18 heavy (non-hydrogen) atoms. The topological polar surface area (TPSA) is 54.4 Å². The van der Waals surface area contributed by atoms with Crippen molar-refractivity contribution in [1.29, 1.82) is 0 Å². The molecule has 1 aromatic carbocycles. The molecule has 0 saturated heterocycles. The molecule has 0 aliphatic heterocycles. The Bertz CT molecular complexity index is 433. The maximum absolute atomic E-state index is 12.2. The van der Waals surface area contributed by atoms with Gasteiger partial charge in [0.25, 0.3) is 0 Å². The van der Waals surface area contributed by atoms with Crippen LogP contribution in [0.4, 0.5) is 0 Å². The largest absolute Gasteiger partial charge is 0.478 e. The lowest BCUT2D eigenvalue weighted by atomic mass is 10.0. The first kappa shape index (κ1) is 13.3. The lowest BCUT2D eigenvalue weighted by Gasteiger charge is -2.20. The molecular weight excluding hydrogens is 248 g/mol. The number of benzene rings is 1. The van der Waals surface area contributed by atoms with Crippen molar-refractivity contribution >= 4 is 16.8 Å². The standard InChI is InChI=1S/C14H18O3S/c15-14(16)12-8-6-11(7-9-12)10-18(17)13-4-2-1-3-5-13/h6-9,13H,1-5,10H2,(H,15,16). The lowest BCUT2D eigenvalue weighted by Crippen LogP contribution is -2.19. The van der Waals surface area contributed by atoms with Gasteiger partial charge < -0.3 is 5.11 Å². The summed E-state index contributed by atoms with van der Waals surface area (Å²) in [4.78, 5) is 10.7. The van der Waals surface area contributed by atoms with Crippen LogP contribution in [0.3, 0.4) is 0 Å². The predicted octanol–water partition coefficient (Wildman–Crippen LogP) is 2.97. The summed E-state index contributed by atoms with van der Waals surface area (Å²) in [6, 6.07) is 6.69. The van der Waals surface area contributed by atoms with Gasteiger partial charge in [0.2, 0.25) is 0 Å². The molecule has 1 fully saturated rings. The van der Waals surface area contributed by atoms with E-state index in [1.54, 1.807) is 24.3 Å². The van der Waals surface area contributed by atoms with Crippen molar-refractivity contribution in [2.24, 2.45) is 0 Å². The SMILES string of the molecule is O=C(O)c1ccc(CS(=O)C2CCCCC2)cc1. The molecule has 1 aliphatic rings. The zero-order valence-electron chi connectivity index (χ0n) is 10.3. The van der Waals surface area contributed by atoms with E-state index in [-0.39, 0.29) is 5.56 Å². The molecule has 1 N–H and O–H groups in total. The van der Waals surface area contributed by atoms with Gasteiger partial charge >= 0.3 is 5.97 Å². The fraction of sp³-hybridized carbons (Fsp3) is 0.500. The van der Waals surface area contributed by atoms with Crippen molar-refractivity contribution in [2.75, 3.05) is 0 Å². The van der Waals surface area contributed by atoms with Crippen molar-refractivity contribution in [3.8, 4) is 0 Å². The van der Waals surface area contributed by atoms with Crippen LogP contribution in [0.1, 0.15) is 48.0 Å². The Labute approximate surface area is 110 Å². The van der Waals surface area contributed by atoms with Gasteiger partial charge in [-0.2, -0.15) is 0 Å². The number of hydrogen-bond donors (Lipinski definition) is 1. The summed E-state index contributed by atoms with van der Waals surface area (Å²) in [6.45, 7) is 0. The van der Waals surface area contributed by atoms with Crippen LogP contribution < -0.4 is 0 Å². The van der Waals surface area contributed by atoms with Crippen LogP contribution in [0.5, 0.6) is 0 Å². The summed E-state index contributed by atoms with van der Waals surface area (Å²) in [5, 5.41) is 9.13. The first-order valence-electron chi connectivity index (χ1n) is 6.36. The number of carbonyl (C=O) groups is 1. The van der Waals surface area contributed by atoms with E-state index in [1.165, 1.54) is 19.3 Å². The van der Waals surface area contributed by atoms with Crippen LogP contribution in [0.25, 0.3) is 0 Å². The quantitative estimate of drug-likeness (QED) is 0.911. The molecule has 1 aliphatic carbocycles. The van der Waals surface area contributed by atoms with Gasteiger partial charge in [-0.25, -0.2) is 4.79 Å². The summed E-state index contributed by atoms with van der Waals surface area (Å²) in [7, 11) is -0.822. The molecule has 1 aromatic rings. The molecular formula is C14H18O3S. The zero-order valence-corrected chi connectivity index (χ0v) is 11.1. The van der Waals surface area contributed by atoms with E-state index in [2.05, 4.69) is 0 Å². The smallest absolute Gasteiger partial charge is 0.335 e. The second kappa shape index (κ2) is 6.14. The number of aromatic carboxylic acids is 1. The van der Waals surface area contributed by atoms with Crippen LogP contribution in [0, 0.1) is 0 Å². The third-order valence-corrected chi connectivity index (χ3v) is 5.27. The lowest BCUT2D eigenvalue weighted by molar-refractivity contribution is 0.0697. The van der Waals surface area contributed by atoms with Gasteiger partial charge in [0.1, 0.15) is 0 Å². The average Bonchev–Trinajstić information content (AvgIpc) is 2.40. The minimum Gasteiger partial charge on any atom is -0.478 e. The maximum atomic E-state index is 12.2. The number of hydrogen-bond acceptors (Lipinski definition) is 2. The second-order valence-electron chi connectivity index (χ2n) is 4.79. The molecule has 1 saturated carbocycles. The van der Waals surface area contributed by atoms with Gasteiger partial charge in [-0.3, -0.25) is 4.21 Å². The molecule has 1 atom stereocenters. The van der Waals surface area contributed by atoms with Crippen LogP contribution >= 0.6 is 0 Å². The van der Waals surface area contributed by atoms with Gasteiger partial charge in [-0.05, 0) is 30.5 Å². The summed E-state index contributed by atoms with van der Waals surface area (Å²) >= 11 is 0. The van der Waals surface area contributed by atoms with Crippen LogP contribution in [-0.4, -0.2) is 20.5 Å². The summed E-state index contributed by atoms with van der Waals surface area (Å²) < 4.78 is 12.2. The number of carboxylic acid groups (broad SMARTS) is 1. The number of carboxylic acids is 1. The molecule has 0 spiro atoms. The Morgan fingerprint density at radius 3 is 2.33 bits per heavy atom. The summed E-state index contributed by atoms with van der Waals surface area (Å²) in [6.07, 6.45) is 5.78. The molecule has 98 valence electrons. The normalized spacial score (nSPS) is 18.4. The second-order valence-corrected chi connectivity index (χ2v) is 6.50. The fourth-order valence-corrected chi connectivity index (χ4v) is 3.97. The molecule has 0 amide bonds. The predicted molar refractivity (Wildman–Crippen MR) is 72.1 cm³/mol. The van der Waals surface area contributed by atoms with Crippen molar-refractivity contribution in [3.05, 3.63) is 35.4 Å². The minimum absolute atomic E-state index is 0.280. The van der Waals surface area contributed by atoms with E-state index in [0.717, 1.165) is 18.4 Å². The fourth-order valence-electron chi connectivity index (χ4n) is 2.35. The number of rotatable bonds is 4. The Morgan fingerprint density at radius 2 is 1.78 bits per heavy atom. The van der Waals surface area contributed by atoms with Gasteiger partial charge in [0.05, 0.1) is 5.56 Å². The minimum atomic E-state index is -0.921. The third kappa shape index (κ3) is 3.42.